The fourth-order valence-electron chi connectivity index (χ4n) is 2.28. The van der Waals surface area contributed by atoms with Gasteiger partial charge in [0.2, 0.25) is 0 Å². The van der Waals surface area contributed by atoms with Gasteiger partial charge in [0.25, 0.3) is 0 Å². The van der Waals surface area contributed by atoms with E-state index in [0.29, 0.717) is 17.8 Å². The zero-order valence-corrected chi connectivity index (χ0v) is 10.2. The quantitative estimate of drug-likeness (QED) is 0.750. The lowest BCUT2D eigenvalue weighted by molar-refractivity contribution is 0.330. The number of aryl methyl sites for hydroxylation is 1. The Kier molecular flexibility index (Phi) is 3.06. The molecule has 16 heavy (non-hydrogen) atoms. The number of aromatic hydroxyl groups is 1. The highest BCUT2D eigenvalue weighted by atomic mass is 16.3. The predicted octanol–water partition coefficient (Wildman–Crippen LogP) is 2.21. The third-order valence-electron chi connectivity index (χ3n) is 3.45. The fraction of sp³-hybridized carbons (Fsp3) is 0.538. The first-order valence-corrected chi connectivity index (χ1v) is 5.82. The Morgan fingerprint density at radius 1 is 1.44 bits per heavy atom. The SMILES string of the molecule is Cc1cc(NC2CC(C)N(C)C2)ccc1O. The summed E-state index contributed by atoms with van der Waals surface area (Å²) in [6, 6.07) is 6.85. The molecule has 1 aromatic carbocycles. The van der Waals surface area contributed by atoms with Gasteiger partial charge in [0.1, 0.15) is 5.75 Å². The zero-order chi connectivity index (χ0) is 11.7. The van der Waals surface area contributed by atoms with Gasteiger partial charge in [-0.1, -0.05) is 0 Å². The van der Waals surface area contributed by atoms with Gasteiger partial charge in [-0.05, 0) is 51.1 Å². The maximum atomic E-state index is 9.45. The number of anilines is 1. The molecule has 3 heteroatoms. The highest BCUT2D eigenvalue weighted by Gasteiger charge is 2.25. The lowest BCUT2D eigenvalue weighted by Crippen LogP contribution is -2.24. The van der Waals surface area contributed by atoms with E-state index in [9.17, 15) is 5.11 Å². The van der Waals surface area contributed by atoms with Crippen LogP contribution in [0.2, 0.25) is 0 Å². The summed E-state index contributed by atoms with van der Waals surface area (Å²) in [6.07, 6.45) is 1.18. The second kappa shape index (κ2) is 4.34. The summed E-state index contributed by atoms with van der Waals surface area (Å²) in [4.78, 5) is 2.37. The smallest absolute Gasteiger partial charge is 0.118 e. The van der Waals surface area contributed by atoms with Crippen molar-refractivity contribution in [2.75, 3.05) is 18.9 Å². The average Bonchev–Trinajstić information content (AvgIpc) is 2.52. The van der Waals surface area contributed by atoms with Crippen LogP contribution in [0.1, 0.15) is 18.9 Å². The van der Waals surface area contributed by atoms with E-state index < -0.39 is 0 Å². The molecule has 1 saturated heterocycles. The summed E-state index contributed by atoms with van der Waals surface area (Å²) in [5.74, 6) is 0.363. The number of nitrogens with zero attached hydrogens (tertiary/aromatic N) is 1. The van der Waals surface area contributed by atoms with Crippen LogP contribution in [0.3, 0.4) is 0 Å². The van der Waals surface area contributed by atoms with Crippen LogP contribution in [0.5, 0.6) is 5.75 Å². The van der Waals surface area contributed by atoms with Crippen molar-refractivity contribution in [1.82, 2.24) is 4.90 Å². The van der Waals surface area contributed by atoms with Gasteiger partial charge in [-0.2, -0.15) is 0 Å². The van der Waals surface area contributed by atoms with Crippen molar-refractivity contribution >= 4 is 5.69 Å². The summed E-state index contributed by atoms with van der Waals surface area (Å²) in [7, 11) is 2.16. The van der Waals surface area contributed by atoms with Gasteiger partial charge in [-0.25, -0.2) is 0 Å². The number of phenolic OH excluding ortho intramolecular Hbond substituents is 1. The number of hydrogen-bond acceptors (Lipinski definition) is 3. The van der Waals surface area contributed by atoms with E-state index >= 15 is 0 Å². The Balaban J connectivity index is 2.02. The lowest BCUT2D eigenvalue weighted by Gasteiger charge is -2.15. The van der Waals surface area contributed by atoms with E-state index in [1.165, 1.54) is 6.42 Å². The highest BCUT2D eigenvalue weighted by molar-refractivity contribution is 5.51. The number of nitrogens with one attached hydrogen (secondary N) is 1. The molecule has 0 amide bonds. The Labute approximate surface area is 97.1 Å². The number of phenols is 1. The molecule has 1 aliphatic heterocycles. The van der Waals surface area contributed by atoms with Crippen molar-refractivity contribution in [1.29, 1.82) is 0 Å². The minimum absolute atomic E-state index is 0.363. The molecular formula is C13H20N2O. The van der Waals surface area contributed by atoms with Crippen LogP contribution >= 0.6 is 0 Å². The van der Waals surface area contributed by atoms with E-state index in [1.54, 1.807) is 6.07 Å². The van der Waals surface area contributed by atoms with Crippen LogP contribution in [0.25, 0.3) is 0 Å². The molecule has 0 aromatic heterocycles. The van der Waals surface area contributed by atoms with E-state index in [1.807, 2.05) is 19.1 Å². The van der Waals surface area contributed by atoms with Crippen molar-refractivity contribution < 1.29 is 5.11 Å². The molecule has 2 rings (SSSR count). The highest BCUT2D eigenvalue weighted by Crippen LogP contribution is 2.23. The summed E-state index contributed by atoms with van der Waals surface area (Å²) in [6.45, 7) is 5.26. The average molecular weight is 220 g/mol. The van der Waals surface area contributed by atoms with Crippen molar-refractivity contribution in [3.05, 3.63) is 23.8 Å². The van der Waals surface area contributed by atoms with Gasteiger partial charge in [0.05, 0.1) is 0 Å². The fourth-order valence-corrected chi connectivity index (χ4v) is 2.28. The molecule has 0 aliphatic carbocycles. The molecule has 2 unspecified atom stereocenters. The van der Waals surface area contributed by atoms with E-state index in [-0.39, 0.29) is 0 Å². The Hall–Kier alpha value is -1.22. The van der Waals surface area contributed by atoms with Gasteiger partial charge in [-0.15, -0.1) is 0 Å². The molecule has 3 nitrogen and oxygen atoms in total. The predicted molar refractivity (Wildman–Crippen MR) is 67.0 cm³/mol. The van der Waals surface area contributed by atoms with Crippen molar-refractivity contribution in [2.24, 2.45) is 0 Å². The Bertz CT molecular complexity index is 368. The Morgan fingerprint density at radius 3 is 2.75 bits per heavy atom. The third kappa shape index (κ3) is 2.30. The van der Waals surface area contributed by atoms with Gasteiger partial charge < -0.3 is 15.3 Å². The first-order chi connectivity index (χ1) is 7.56. The number of likely N-dealkylation sites (tertiary alicyclic amines) is 1. The lowest BCUT2D eigenvalue weighted by atomic mass is 10.1. The second-order valence-electron chi connectivity index (χ2n) is 4.87. The molecule has 0 saturated carbocycles. The van der Waals surface area contributed by atoms with Crippen molar-refractivity contribution in [3.63, 3.8) is 0 Å². The summed E-state index contributed by atoms with van der Waals surface area (Å²) >= 11 is 0. The largest absolute Gasteiger partial charge is 0.508 e. The van der Waals surface area contributed by atoms with E-state index in [2.05, 4.69) is 24.2 Å². The molecule has 88 valence electrons. The van der Waals surface area contributed by atoms with Gasteiger partial charge in [-0.3, -0.25) is 0 Å². The van der Waals surface area contributed by atoms with Gasteiger partial charge >= 0.3 is 0 Å². The van der Waals surface area contributed by atoms with Crippen LogP contribution in [0.15, 0.2) is 18.2 Å². The van der Waals surface area contributed by atoms with Crippen LogP contribution in [-0.2, 0) is 0 Å². The molecule has 0 spiro atoms. The molecular weight excluding hydrogens is 200 g/mol. The number of likely N-dealkylation sites (N-methyl/N-ethyl adjacent to an activating group) is 1. The minimum atomic E-state index is 0.363. The van der Waals surface area contributed by atoms with Gasteiger partial charge in [0.15, 0.2) is 0 Å². The molecule has 2 N–H and O–H groups in total. The normalized spacial score (nSPS) is 25.9. The maximum Gasteiger partial charge on any atom is 0.118 e. The van der Waals surface area contributed by atoms with Crippen LogP contribution in [0, 0.1) is 6.92 Å². The molecule has 0 radical (unpaired) electrons. The topological polar surface area (TPSA) is 35.5 Å². The van der Waals surface area contributed by atoms with Crippen LogP contribution in [0.4, 0.5) is 5.69 Å². The van der Waals surface area contributed by atoms with Crippen molar-refractivity contribution in [3.8, 4) is 5.75 Å². The standard InChI is InChI=1S/C13H20N2O/c1-9-6-11(4-5-13(9)16)14-12-7-10(2)15(3)8-12/h4-6,10,12,14,16H,7-8H2,1-3H3. The Morgan fingerprint density at radius 2 is 2.19 bits per heavy atom. The summed E-state index contributed by atoms with van der Waals surface area (Å²) in [5, 5.41) is 13.0. The molecule has 0 bridgehead atoms. The van der Waals surface area contributed by atoms with Crippen molar-refractivity contribution in [2.45, 2.75) is 32.4 Å². The monoisotopic (exact) mass is 220 g/mol. The molecule has 1 heterocycles. The zero-order valence-electron chi connectivity index (χ0n) is 10.2. The number of rotatable bonds is 2. The van der Waals surface area contributed by atoms with Crippen LogP contribution in [-0.4, -0.2) is 35.7 Å². The first-order valence-electron chi connectivity index (χ1n) is 5.82. The second-order valence-corrected chi connectivity index (χ2v) is 4.87. The minimum Gasteiger partial charge on any atom is -0.508 e. The summed E-state index contributed by atoms with van der Waals surface area (Å²) < 4.78 is 0. The maximum absolute atomic E-state index is 9.45. The number of benzene rings is 1. The van der Waals surface area contributed by atoms with Crippen LogP contribution < -0.4 is 5.32 Å². The third-order valence-corrected chi connectivity index (χ3v) is 3.45. The van der Waals surface area contributed by atoms with E-state index in [0.717, 1.165) is 17.8 Å². The molecule has 1 fully saturated rings. The summed E-state index contributed by atoms with van der Waals surface area (Å²) in [5.41, 5.74) is 2.02. The molecule has 1 aliphatic rings. The molecule has 1 aromatic rings. The van der Waals surface area contributed by atoms with E-state index in [4.69, 9.17) is 0 Å². The van der Waals surface area contributed by atoms with Gasteiger partial charge in [0, 0.05) is 24.3 Å². The molecule has 2 atom stereocenters. The first kappa shape index (κ1) is 11.3. The number of hydrogen-bond donors (Lipinski definition) is 2.